The summed E-state index contributed by atoms with van der Waals surface area (Å²) in [6.07, 6.45) is 1.34. The summed E-state index contributed by atoms with van der Waals surface area (Å²) in [5, 5.41) is 9.64. The Hall–Kier alpha value is -2.14. The molecule has 5 nitrogen and oxygen atoms in total. The Kier molecular flexibility index (Phi) is 3.74. The average molecular weight is 247 g/mol. The van der Waals surface area contributed by atoms with Crippen LogP contribution in [0, 0.1) is 0 Å². The maximum Gasteiger partial charge on any atom is 0.337 e. The summed E-state index contributed by atoms with van der Waals surface area (Å²) in [6, 6.07) is 6.94. The number of carboxylic acids is 1. The second-order valence-corrected chi connectivity index (χ2v) is 3.72. The molecule has 0 aliphatic carbocycles. The standard InChI is InChI=1S/C13H13NO4/c1-17-4-5-18-11-2-3-12-9(7-11)6-10(8-14-12)13(15)16/h2-3,6-8H,4-5H2,1H3,(H,15,16). The van der Waals surface area contributed by atoms with Gasteiger partial charge in [-0.25, -0.2) is 4.79 Å². The highest BCUT2D eigenvalue weighted by Crippen LogP contribution is 2.20. The average Bonchev–Trinajstić information content (AvgIpc) is 2.38. The quantitative estimate of drug-likeness (QED) is 0.818. The van der Waals surface area contributed by atoms with E-state index in [0.717, 1.165) is 10.9 Å². The van der Waals surface area contributed by atoms with Crippen LogP contribution in [0.3, 0.4) is 0 Å². The van der Waals surface area contributed by atoms with Crippen molar-refractivity contribution in [3.05, 3.63) is 36.0 Å². The molecule has 1 aromatic carbocycles. The van der Waals surface area contributed by atoms with Crippen molar-refractivity contribution in [2.45, 2.75) is 0 Å². The molecule has 1 aromatic heterocycles. The van der Waals surface area contributed by atoms with E-state index in [-0.39, 0.29) is 5.56 Å². The van der Waals surface area contributed by atoms with Crippen molar-refractivity contribution in [2.75, 3.05) is 20.3 Å². The van der Waals surface area contributed by atoms with E-state index in [1.54, 1.807) is 31.4 Å². The van der Waals surface area contributed by atoms with Gasteiger partial charge in [-0.15, -0.1) is 0 Å². The number of fused-ring (bicyclic) bond motifs is 1. The first-order chi connectivity index (χ1) is 8.70. The van der Waals surface area contributed by atoms with E-state index in [2.05, 4.69) is 4.98 Å². The van der Waals surface area contributed by atoms with E-state index >= 15 is 0 Å². The van der Waals surface area contributed by atoms with Gasteiger partial charge in [0.1, 0.15) is 12.4 Å². The Bertz CT molecular complexity index is 568. The maximum atomic E-state index is 10.9. The number of hydrogen-bond acceptors (Lipinski definition) is 4. The highest BCUT2D eigenvalue weighted by molar-refractivity contribution is 5.92. The number of rotatable bonds is 5. The van der Waals surface area contributed by atoms with Gasteiger partial charge >= 0.3 is 5.97 Å². The molecule has 0 spiro atoms. The minimum atomic E-state index is -0.991. The normalized spacial score (nSPS) is 10.5. The smallest absolute Gasteiger partial charge is 0.337 e. The number of ether oxygens (including phenoxy) is 2. The highest BCUT2D eigenvalue weighted by atomic mass is 16.5. The van der Waals surface area contributed by atoms with E-state index in [1.165, 1.54) is 6.20 Å². The number of nitrogens with zero attached hydrogens (tertiary/aromatic N) is 1. The SMILES string of the molecule is COCCOc1ccc2ncc(C(=O)O)cc2c1. The molecule has 0 atom stereocenters. The number of methoxy groups -OCH3 is 1. The highest BCUT2D eigenvalue weighted by Gasteiger charge is 2.05. The van der Waals surface area contributed by atoms with Gasteiger partial charge in [-0.1, -0.05) is 0 Å². The fourth-order valence-corrected chi connectivity index (χ4v) is 1.56. The van der Waals surface area contributed by atoms with Crippen molar-refractivity contribution < 1.29 is 19.4 Å². The molecule has 18 heavy (non-hydrogen) atoms. The molecular weight excluding hydrogens is 234 g/mol. The number of carbonyl (C=O) groups is 1. The van der Waals surface area contributed by atoms with Crippen LogP contribution in [0.15, 0.2) is 30.5 Å². The van der Waals surface area contributed by atoms with Gasteiger partial charge in [-0.2, -0.15) is 0 Å². The first kappa shape index (κ1) is 12.3. The molecule has 0 fully saturated rings. The van der Waals surface area contributed by atoms with Gasteiger partial charge in [0, 0.05) is 18.7 Å². The minimum Gasteiger partial charge on any atom is -0.491 e. The van der Waals surface area contributed by atoms with Crippen LogP contribution in [-0.4, -0.2) is 36.4 Å². The predicted octanol–water partition coefficient (Wildman–Crippen LogP) is 1.96. The van der Waals surface area contributed by atoms with Crippen molar-refractivity contribution in [1.82, 2.24) is 4.98 Å². The van der Waals surface area contributed by atoms with E-state index in [9.17, 15) is 4.79 Å². The fraction of sp³-hybridized carbons (Fsp3) is 0.231. The topological polar surface area (TPSA) is 68.7 Å². The molecule has 0 aliphatic heterocycles. The molecular formula is C13H13NO4. The van der Waals surface area contributed by atoms with Crippen LogP contribution in [0.4, 0.5) is 0 Å². The number of hydrogen-bond donors (Lipinski definition) is 1. The summed E-state index contributed by atoms with van der Waals surface area (Å²) in [5.41, 5.74) is 0.899. The number of aromatic carboxylic acids is 1. The molecule has 0 saturated carbocycles. The van der Waals surface area contributed by atoms with Gasteiger partial charge in [-0.3, -0.25) is 4.98 Å². The summed E-state index contributed by atoms with van der Waals surface area (Å²) in [6.45, 7) is 0.958. The number of aromatic nitrogens is 1. The lowest BCUT2D eigenvalue weighted by molar-refractivity contribution is 0.0696. The molecule has 1 N–H and O–H groups in total. The Labute approximate surface area is 104 Å². The van der Waals surface area contributed by atoms with Gasteiger partial charge in [0.25, 0.3) is 0 Å². The third-order valence-electron chi connectivity index (χ3n) is 2.46. The Morgan fingerprint density at radius 3 is 2.89 bits per heavy atom. The largest absolute Gasteiger partial charge is 0.491 e. The van der Waals surface area contributed by atoms with Crippen LogP contribution in [0.1, 0.15) is 10.4 Å². The van der Waals surface area contributed by atoms with Crippen molar-refractivity contribution in [2.24, 2.45) is 0 Å². The third kappa shape index (κ3) is 2.75. The van der Waals surface area contributed by atoms with Crippen LogP contribution in [-0.2, 0) is 4.74 Å². The van der Waals surface area contributed by atoms with Crippen molar-refractivity contribution in [3.63, 3.8) is 0 Å². The second-order valence-electron chi connectivity index (χ2n) is 3.72. The number of benzene rings is 1. The van der Waals surface area contributed by atoms with Crippen molar-refractivity contribution >= 4 is 16.9 Å². The molecule has 0 unspecified atom stereocenters. The Morgan fingerprint density at radius 2 is 2.17 bits per heavy atom. The second kappa shape index (κ2) is 5.46. The minimum absolute atomic E-state index is 0.163. The molecule has 0 bridgehead atoms. The monoisotopic (exact) mass is 247 g/mol. The molecule has 94 valence electrons. The molecule has 0 aliphatic rings. The molecule has 1 heterocycles. The number of carboxylic acid groups (broad SMARTS) is 1. The molecule has 2 rings (SSSR count). The lowest BCUT2D eigenvalue weighted by Gasteiger charge is -2.06. The lowest BCUT2D eigenvalue weighted by Crippen LogP contribution is -2.04. The third-order valence-corrected chi connectivity index (χ3v) is 2.46. The summed E-state index contributed by atoms with van der Waals surface area (Å²) in [7, 11) is 1.60. The van der Waals surface area contributed by atoms with E-state index in [0.29, 0.717) is 19.0 Å². The van der Waals surface area contributed by atoms with Crippen LogP contribution in [0.25, 0.3) is 10.9 Å². The molecule has 0 amide bonds. The fourth-order valence-electron chi connectivity index (χ4n) is 1.56. The molecule has 2 aromatic rings. The van der Waals surface area contributed by atoms with Gasteiger partial charge < -0.3 is 14.6 Å². The first-order valence-electron chi connectivity index (χ1n) is 5.45. The zero-order valence-electron chi connectivity index (χ0n) is 9.92. The van der Waals surface area contributed by atoms with E-state index < -0.39 is 5.97 Å². The predicted molar refractivity (Wildman–Crippen MR) is 66.1 cm³/mol. The van der Waals surface area contributed by atoms with Crippen molar-refractivity contribution in [1.29, 1.82) is 0 Å². The van der Waals surface area contributed by atoms with Crippen molar-refractivity contribution in [3.8, 4) is 5.75 Å². The summed E-state index contributed by atoms with van der Waals surface area (Å²) < 4.78 is 10.3. The summed E-state index contributed by atoms with van der Waals surface area (Å²) in [5.74, 6) is -0.320. The van der Waals surface area contributed by atoms with Gasteiger partial charge in [0.05, 0.1) is 17.7 Å². The zero-order valence-corrected chi connectivity index (χ0v) is 9.92. The molecule has 5 heteroatoms. The molecule has 0 radical (unpaired) electrons. The lowest BCUT2D eigenvalue weighted by atomic mass is 10.1. The maximum absolute atomic E-state index is 10.9. The van der Waals surface area contributed by atoms with Gasteiger partial charge in [0.2, 0.25) is 0 Å². The Morgan fingerprint density at radius 1 is 1.33 bits per heavy atom. The van der Waals surface area contributed by atoms with Gasteiger partial charge in [-0.05, 0) is 24.3 Å². The van der Waals surface area contributed by atoms with Crippen LogP contribution >= 0.6 is 0 Å². The van der Waals surface area contributed by atoms with Crippen LogP contribution in [0.5, 0.6) is 5.75 Å². The Balaban J connectivity index is 2.27. The van der Waals surface area contributed by atoms with Crippen LogP contribution in [0.2, 0.25) is 0 Å². The van der Waals surface area contributed by atoms with E-state index in [1.807, 2.05) is 0 Å². The summed E-state index contributed by atoms with van der Waals surface area (Å²) in [4.78, 5) is 14.9. The number of pyridine rings is 1. The summed E-state index contributed by atoms with van der Waals surface area (Å²) >= 11 is 0. The van der Waals surface area contributed by atoms with Crippen LogP contribution < -0.4 is 4.74 Å². The zero-order chi connectivity index (χ0) is 13.0. The molecule has 0 saturated heterocycles. The van der Waals surface area contributed by atoms with Gasteiger partial charge in [0.15, 0.2) is 0 Å². The van der Waals surface area contributed by atoms with E-state index in [4.69, 9.17) is 14.6 Å². The first-order valence-corrected chi connectivity index (χ1v) is 5.45.